The Labute approximate surface area is 161 Å². The van der Waals surface area contributed by atoms with E-state index in [-0.39, 0.29) is 24.1 Å². The summed E-state index contributed by atoms with van der Waals surface area (Å²) >= 11 is 0. The molecule has 0 spiro atoms. The van der Waals surface area contributed by atoms with Crippen LogP contribution in [0.1, 0.15) is 12.8 Å². The molecule has 0 unspecified atom stereocenters. The fourth-order valence-corrected chi connectivity index (χ4v) is 2.93. The molecule has 3 rings (SSSR count). The predicted octanol–water partition coefficient (Wildman–Crippen LogP) is 5.19. The minimum Gasteiger partial charge on any atom is -0.489 e. The van der Waals surface area contributed by atoms with Crippen LogP contribution in [0.2, 0.25) is 0 Å². The average molecular weight is 406 g/mol. The number of hydrogen-bond acceptors (Lipinski definition) is 3. The first-order valence-electron chi connectivity index (χ1n) is 8.40. The molecular formula is C19H20ClF4NO2. The Kier molecular flexibility index (Phi) is 7.33. The molecule has 2 aromatic carbocycles. The van der Waals surface area contributed by atoms with Crippen LogP contribution >= 0.6 is 12.4 Å². The summed E-state index contributed by atoms with van der Waals surface area (Å²) in [6.45, 7) is 2.04. The molecule has 0 aliphatic carbocycles. The smallest absolute Gasteiger partial charge is 0.489 e. The quantitative estimate of drug-likeness (QED) is 0.694. The fraction of sp³-hybridized carbons (Fsp3) is 0.368. The second-order valence-corrected chi connectivity index (χ2v) is 6.22. The standard InChI is InChI=1S/C19H19F4NO2.ClH/c20-16-3-1-2-14(10-16)15-4-5-17(26-19(21,22)23)18(11-15)25-12-13-6-8-24-9-7-13;/h1-5,10-11,13,24H,6-9,12H2;1H. The van der Waals surface area contributed by atoms with Gasteiger partial charge in [0.2, 0.25) is 0 Å². The van der Waals surface area contributed by atoms with Crippen LogP contribution < -0.4 is 14.8 Å². The zero-order chi connectivity index (χ0) is 18.6. The van der Waals surface area contributed by atoms with Crippen molar-refractivity contribution in [3.8, 4) is 22.6 Å². The SMILES string of the molecule is Cl.Fc1cccc(-c2ccc(OC(F)(F)F)c(OCC3CCNCC3)c2)c1. The highest BCUT2D eigenvalue weighted by Gasteiger charge is 2.32. The summed E-state index contributed by atoms with van der Waals surface area (Å²) in [5.41, 5.74) is 1.11. The Morgan fingerprint density at radius 3 is 2.33 bits per heavy atom. The number of nitrogens with one attached hydrogen (secondary N) is 1. The fourth-order valence-electron chi connectivity index (χ4n) is 2.93. The second-order valence-electron chi connectivity index (χ2n) is 6.22. The highest BCUT2D eigenvalue weighted by atomic mass is 35.5. The van der Waals surface area contributed by atoms with E-state index >= 15 is 0 Å². The number of halogens is 5. The molecule has 8 heteroatoms. The first kappa shape index (κ1) is 21.3. The van der Waals surface area contributed by atoms with Gasteiger partial charge in [-0.1, -0.05) is 18.2 Å². The van der Waals surface area contributed by atoms with Crippen molar-refractivity contribution in [2.24, 2.45) is 5.92 Å². The van der Waals surface area contributed by atoms with Gasteiger partial charge in [0, 0.05) is 0 Å². The largest absolute Gasteiger partial charge is 0.573 e. The molecule has 0 bridgehead atoms. The zero-order valence-electron chi connectivity index (χ0n) is 14.4. The van der Waals surface area contributed by atoms with Gasteiger partial charge in [0.1, 0.15) is 5.82 Å². The Morgan fingerprint density at radius 1 is 0.963 bits per heavy atom. The zero-order valence-corrected chi connectivity index (χ0v) is 15.2. The predicted molar refractivity (Wildman–Crippen MR) is 96.9 cm³/mol. The molecular weight excluding hydrogens is 386 g/mol. The first-order valence-corrected chi connectivity index (χ1v) is 8.40. The van der Waals surface area contributed by atoms with Crippen molar-refractivity contribution in [1.82, 2.24) is 5.32 Å². The third-order valence-electron chi connectivity index (χ3n) is 4.26. The average Bonchev–Trinajstić information content (AvgIpc) is 2.60. The van der Waals surface area contributed by atoms with Crippen LogP contribution in [0.25, 0.3) is 11.1 Å². The maximum atomic E-state index is 13.4. The first-order chi connectivity index (χ1) is 12.4. The van der Waals surface area contributed by atoms with Crippen molar-refractivity contribution in [1.29, 1.82) is 0 Å². The minimum atomic E-state index is -4.81. The lowest BCUT2D eigenvalue weighted by atomic mass is 9.99. The van der Waals surface area contributed by atoms with Gasteiger partial charge in [-0.25, -0.2) is 4.39 Å². The summed E-state index contributed by atoms with van der Waals surface area (Å²) in [5.74, 6) is -0.544. The number of ether oxygens (including phenoxy) is 2. The van der Waals surface area contributed by atoms with Crippen LogP contribution in [-0.4, -0.2) is 26.1 Å². The third-order valence-corrected chi connectivity index (χ3v) is 4.26. The molecule has 0 atom stereocenters. The van der Waals surface area contributed by atoms with E-state index in [1.54, 1.807) is 12.1 Å². The van der Waals surface area contributed by atoms with Crippen molar-refractivity contribution < 1.29 is 27.0 Å². The molecule has 0 aromatic heterocycles. The summed E-state index contributed by atoms with van der Waals surface area (Å²) in [7, 11) is 0. The van der Waals surface area contributed by atoms with E-state index in [0.29, 0.717) is 17.7 Å². The number of rotatable bonds is 5. The van der Waals surface area contributed by atoms with Gasteiger partial charge in [-0.05, 0) is 67.2 Å². The maximum absolute atomic E-state index is 13.4. The molecule has 1 saturated heterocycles. The van der Waals surface area contributed by atoms with Crippen LogP contribution in [0.3, 0.4) is 0 Å². The van der Waals surface area contributed by atoms with E-state index in [1.165, 1.54) is 30.3 Å². The molecule has 3 nitrogen and oxygen atoms in total. The summed E-state index contributed by atoms with van der Waals surface area (Å²) < 4.78 is 61.2. The van der Waals surface area contributed by atoms with Gasteiger partial charge < -0.3 is 14.8 Å². The Hall–Kier alpha value is -1.99. The van der Waals surface area contributed by atoms with E-state index < -0.39 is 17.9 Å². The minimum absolute atomic E-state index is 0. The highest BCUT2D eigenvalue weighted by molar-refractivity contribution is 5.85. The maximum Gasteiger partial charge on any atom is 0.573 e. The summed E-state index contributed by atoms with van der Waals surface area (Å²) in [6, 6.07) is 9.95. The van der Waals surface area contributed by atoms with Gasteiger partial charge in [-0.2, -0.15) is 0 Å². The Balaban J connectivity index is 0.00000261. The van der Waals surface area contributed by atoms with E-state index in [0.717, 1.165) is 25.9 Å². The van der Waals surface area contributed by atoms with Crippen LogP contribution in [0.4, 0.5) is 17.6 Å². The molecule has 2 aromatic rings. The number of alkyl halides is 3. The molecule has 27 heavy (non-hydrogen) atoms. The number of hydrogen-bond donors (Lipinski definition) is 1. The van der Waals surface area contributed by atoms with Crippen molar-refractivity contribution >= 4 is 12.4 Å². The topological polar surface area (TPSA) is 30.5 Å². The van der Waals surface area contributed by atoms with Crippen molar-refractivity contribution in [2.75, 3.05) is 19.7 Å². The molecule has 1 fully saturated rings. The van der Waals surface area contributed by atoms with Crippen LogP contribution in [0.15, 0.2) is 42.5 Å². The summed E-state index contributed by atoms with van der Waals surface area (Å²) in [4.78, 5) is 0. The number of piperidine rings is 1. The van der Waals surface area contributed by atoms with Crippen molar-refractivity contribution in [2.45, 2.75) is 19.2 Å². The van der Waals surface area contributed by atoms with E-state index in [9.17, 15) is 17.6 Å². The Morgan fingerprint density at radius 2 is 1.67 bits per heavy atom. The lowest BCUT2D eigenvalue weighted by Gasteiger charge is -2.23. The molecule has 1 aliphatic heterocycles. The van der Waals surface area contributed by atoms with Crippen LogP contribution in [-0.2, 0) is 0 Å². The molecule has 1 N–H and O–H groups in total. The Bertz CT molecular complexity index is 749. The molecule has 0 amide bonds. The molecule has 0 saturated carbocycles. The monoisotopic (exact) mass is 405 g/mol. The lowest BCUT2D eigenvalue weighted by Crippen LogP contribution is -2.30. The van der Waals surface area contributed by atoms with Gasteiger partial charge in [0.25, 0.3) is 0 Å². The second kappa shape index (κ2) is 9.28. The van der Waals surface area contributed by atoms with Gasteiger partial charge >= 0.3 is 6.36 Å². The summed E-state index contributed by atoms with van der Waals surface area (Å²) in [6.07, 6.45) is -3.01. The highest BCUT2D eigenvalue weighted by Crippen LogP contribution is 2.36. The van der Waals surface area contributed by atoms with Gasteiger partial charge in [-0.15, -0.1) is 25.6 Å². The van der Waals surface area contributed by atoms with E-state index in [2.05, 4.69) is 10.1 Å². The van der Waals surface area contributed by atoms with Crippen LogP contribution in [0.5, 0.6) is 11.5 Å². The molecule has 1 heterocycles. The summed E-state index contributed by atoms with van der Waals surface area (Å²) in [5, 5.41) is 3.23. The van der Waals surface area contributed by atoms with Crippen molar-refractivity contribution in [3.05, 3.63) is 48.3 Å². The van der Waals surface area contributed by atoms with E-state index in [1.807, 2.05) is 0 Å². The van der Waals surface area contributed by atoms with E-state index in [4.69, 9.17) is 4.74 Å². The normalized spacial score (nSPS) is 15.1. The number of benzene rings is 2. The molecule has 0 radical (unpaired) electrons. The van der Waals surface area contributed by atoms with Crippen molar-refractivity contribution in [3.63, 3.8) is 0 Å². The van der Waals surface area contributed by atoms with Gasteiger partial charge in [-0.3, -0.25) is 0 Å². The van der Waals surface area contributed by atoms with Crippen LogP contribution in [0, 0.1) is 11.7 Å². The lowest BCUT2D eigenvalue weighted by molar-refractivity contribution is -0.275. The molecule has 1 aliphatic rings. The third kappa shape index (κ3) is 6.29. The van der Waals surface area contributed by atoms with Gasteiger partial charge in [0.15, 0.2) is 11.5 Å². The molecule has 148 valence electrons. The van der Waals surface area contributed by atoms with Gasteiger partial charge in [0.05, 0.1) is 6.61 Å².